The fourth-order valence-electron chi connectivity index (χ4n) is 1.93. The van der Waals surface area contributed by atoms with Crippen molar-refractivity contribution in [3.8, 4) is 5.75 Å². The molecule has 2 aromatic carbocycles. The average Bonchev–Trinajstić information content (AvgIpc) is 2.48. The van der Waals surface area contributed by atoms with Crippen molar-refractivity contribution in [2.75, 3.05) is 7.11 Å². The van der Waals surface area contributed by atoms with Crippen molar-refractivity contribution in [3.05, 3.63) is 67.7 Å². The quantitative estimate of drug-likeness (QED) is 0.476. The summed E-state index contributed by atoms with van der Waals surface area (Å²) in [5, 5.41) is 11.0. The zero-order chi connectivity index (χ0) is 15.6. The Bertz CT molecular complexity index is 728. The van der Waals surface area contributed by atoms with Crippen LogP contribution in [0.4, 0.5) is 5.69 Å². The van der Waals surface area contributed by atoms with Crippen molar-refractivity contribution in [1.82, 2.24) is 0 Å². The van der Waals surface area contributed by atoms with E-state index in [1.807, 2.05) is 6.92 Å². The topological polar surface area (TPSA) is 69.4 Å². The molecule has 0 bridgehead atoms. The number of nitro benzene ring substituents is 1. The van der Waals surface area contributed by atoms with Crippen LogP contribution in [-0.2, 0) is 0 Å². The largest absolute Gasteiger partial charge is 0.490 e. The van der Waals surface area contributed by atoms with Crippen molar-refractivity contribution in [2.24, 2.45) is 0 Å². The third kappa shape index (κ3) is 3.11. The normalized spacial score (nSPS) is 10.2. The van der Waals surface area contributed by atoms with Gasteiger partial charge in [0.2, 0.25) is 0 Å². The molecule has 2 rings (SSSR count). The zero-order valence-electron chi connectivity index (χ0n) is 11.4. The molecule has 2 aromatic rings. The number of rotatable bonds is 4. The number of methoxy groups -OCH3 is 1. The maximum absolute atomic E-state index is 12.4. The van der Waals surface area contributed by atoms with Gasteiger partial charge >= 0.3 is 5.69 Å². The highest BCUT2D eigenvalue weighted by molar-refractivity contribution is 9.10. The van der Waals surface area contributed by atoms with E-state index in [2.05, 4.69) is 15.9 Å². The molecule has 6 heteroatoms. The number of ether oxygens (including phenoxy) is 1. The van der Waals surface area contributed by atoms with E-state index >= 15 is 0 Å². The molecule has 0 N–H and O–H groups in total. The first kappa shape index (κ1) is 15.2. The molecular formula is C15H12BrNO4. The number of carbonyl (C=O) groups is 1. The first-order chi connectivity index (χ1) is 9.93. The van der Waals surface area contributed by atoms with E-state index < -0.39 is 4.92 Å². The van der Waals surface area contributed by atoms with Gasteiger partial charge in [0.25, 0.3) is 0 Å². The van der Waals surface area contributed by atoms with Gasteiger partial charge < -0.3 is 4.74 Å². The molecule has 0 fully saturated rings. The van der Waals surface area contributed by atoms with E-state index in [0.29, 0.717) is 5.56 Å². The first-order valence-electron chi connectivity index (χ1n) is 6.07. The van der Waals surface area contributed by atoms with Gasteiger partial charge in [0, 0.05) is 21.7 Å². The molecular weight excluding hydrogens is 338 g/mol. The Labute approximate surface area is 129 Å². The Balaban J connectivity index is 2.46. The molecule has 0 heterocycles. The molecule has 0 amide bonds. The summed E-state index contributed by atoms with van der Waals surface area (Å²) in [7, 11) is 1.35. The number of nitrogens with zero attached hydrogens (tertiary/aromatic N) is 1. The minimum absolute atomic E-state index is 0.128. The number of halogens is 1. The predicted octanol–water partition coefficient (Wildman–Crippen LogP) is 3.91. The van der Waals surface area contributed by atoms with Crippen LogP contribution < -0.4 is 4.74 Å². The summed E-state index contributed by atoms with van der Waals surface area (Å²) in [5.41, 5.74) is 1.43. The van der Waals surface area contributed by atoms with Crippen molar-refractivity contribution in [1.29, 1.82) is 0 Å². The van der Waals surface area contributed by atoms with Crippen LogP contribution in [0.1, 0.15) is 21.5 Å². The Hall–Kier alpha value is -2.21. The molecule has 0 aliphatic heterocycles. The Morgan fingerprint density at radius 1 is 1.19 bits per heavy atom. The smallest absolute Gasteiger partial charge is 0.311 e. The highest BCUT2D eigenvalue weighted by Gasteiger charge is 2.19. The molecule has 0 saturated heterocycles. The molecule has 0 aromatic heterocycles. The zero-order valence-corrected chi connectivity index (χ0v) is 13.0. The second kappa shape index (κ2) is 6.05. The van der Waals surface area contributed by atoms with E-state index in [0.717, 1.165) is 10.0 Å². The van der Waals surface area contributed by atoms with E-state index in [4.69, 9.17) is 4.74 Å². The third-order valence-corrected chi connectivity index (χ3v) is 3.95. The van der Waals surface area contributed by atoms with Crippen molar-refractivity contribution >= 4 is 27.4 Å². The summed E-state index contributed by atoms with van der Waals surface area (Å²) in [4.78, 5) is 22.8. The van der Waals surface area contributed by atoms with Gasteiger partial charge in [0.15, 0.2) is 11.5 Å². The van der Waals surface area contributed by atoms with Crippen molar-refractivity contribution < 1.29 is 14.5 Å². The molecule has 5 nitrogen and oxygen atoms in total. The van der Waals surface area contributed by atoms with Crippen LogP contribution in [0.5, 0.6) is 5.75 Å². The van der Waals surface area contributed by atoms with Crippen LogP contribution in [-0.4, -0.2) is 17.8 Å². The standard InChI is InChI=1S/C15H12BrNO4/c1-9-7-10(3-5-12(9)16)15(18)11-4-6-14(21-2)13(8-11)17(19)20/h3-8H,1-2H3. The van der Waals surface area contributed by atoms with Crippen LogP contribution in [0.15, 0.2) is 40.9 Å². The lowest BCUT2D eigenvalue weighted by molar-refractivity contribution is -0.385. The van der Waals surface area contributed by atoms with Gasteiger partial charge in [-0.05, 0) is 42.8 Å². The van der Waals surface area contributed by atoms with E-state index in [9.17, 15) is 14.9 Å². The number of aryl methyl sites for hydroxylation is 1. The van der Waals surface area contributed by atoms with E-state index in [1.54, 1.807) is 18.2 Å². The van der Waals surface area contributed by atoms with Gasteiger partial charge in [-0.25, -0.2) is 0 Å². The van der Waals surface area contributed by atoms with Crippen LogP contribution in [0.25, 0.3) is 0 Å². The van der Waals surface area contributed by atoms with Crippen LogP contribution >= 0.6 is 15.9 Å². The Kier molecular flexibility index (Phi) is 4.37. The predicted molar refractivity (Wildman–Crippen MR) is 82.0 cm³/mol. The molecule has 0 aliphatic carbocycles. The van der Waals surface area contributed by atoms with E-state index in [1.165, 1.54) is 25.3 Å². The monoisotopic (exact) mass is 349 g/mol. The number of hydrogen-bond acceptors (Lipinski definition) is 4. The number of ketones is 1. The molecule has 0 aliphatic rings. The molecule has 0 radical (unpaired) electrons. The first-order valence-corrected chi connectivity index (χ1v) is 6.86. The molecule has 0 spiro atoms. The molecule has 21 heavy (non-hydrogen) atoms. The van der Waals surface area contributed by atoms with Gasteiger partial charge in [0.05, 0.1) is 12.0 Å². The number of benzene rings is 2. The Morgan fingerprint density at radius 3 is 2.38 bits per heavy atom. The van der Waals surface area contributed by atoms with Crippen molar-refractivity contribution in [2.45, 2.75) is 6.92 Å². The molecule has 0 unspecified atom stereocenters. The summed E-state index contributed by atoms with van der Waals surface area (Å²) in [6.07, 6.45) is 0. The fourth-order valence-corrected chi connectivity index (χ4v) is 2.17. The highest BCUT2D eigenvalue weighted by atomic mass is 79.9. The lowest BCUT2D eigenvalue weighted by Crippen LogP contribution is -2.03. The lowest BCUT2D eigenvalue weighted by Gasteiger charge is -2.06. The van der Waals surface area contributed by atoms with Gasteiger partial charge in [-0.1, -0.05) is 15.9 Å². The highest BCUT2D eigenvalue weighted by Crippen LogP contribution is 2.29. The second-order valence-corrected chi connectivity index (χ2v) is 5.29. The molecule has 108 valence electrons. The van der Waals surface area contributed by atoms with Gasteiger partial charge in [-0.15, -0.1) is 0 Å². The molecule has 0 saturated carbocycles. The van der Waals surface area contributed by atoms with Crippen LogP contribution in [0.3, 0.4) is 0 Å². The maximum Gasteiger partial charge on any atom is 0.311 e. The Morgan fingerprint density at radius 2 is 1.81 bits per heavy atom. The fraction of sp³-hybridized carbons (Fsp3) is 0.133. The van der Waals surface area contributed by atoms with Crippen molar-refractivity contribution in [3.63, 3.8) is 0 Å². The second-order valence-electron chi connectivity index (χ2n) is 4.44. The van der Waals surface area contributed by atoms with Gasteiger partial charge in [-0.3, -0.25) is 14.9 Å². The molecule has 0 atom stereocenters. The van der Waals surface area contributed by atoms with Crippen LogP contribution in [0, 0.1) is 17.0 Å². The minimum atomic E-state index is -0.567. The summed E-state index contributed by atoms with van der Waals surface area (Å²) >= 11 is 3.37. The van der Waals surface area contributed by atoms with Crippen LogP contribution in [0.2, 0.25) is 0 Å². The SMILES string of the molecule is COc1ccc(C(=O)c2ccc(Br)c(C)c2)cc1[N+](=O)[O-]. The minimum Gasteiger partial charge on any atom is -0.490 e. The lowest BCUT2D eigenvalue weighted by atomic mass is 10.0. The van der Waals surface area contributed by atoms with Gasteiger partial charge in [0.1, 0.15) is 0 Å². The third-order valence-electron chi connectivity index (χ3n) is 3.06. The summed E-state index contributed by atoms with van der Waals surface area (Å²) in [6, 6.07) is 9.37. The summed E-state index contributed by atoms with van der Waals surface area (Å²) < 4.78 is 5.83. The number of nitro groups is 1. The average molecular weight is 350 g/mol. The maximum atomic E-state index is 12.4. The number of carbonyl (C=O) groups excluding carboxylic acids is 1. The summed E-state index contributed by atoms with van der Waals surface area (Å²) in [6.45, 7) is 1.87. The van der Waals surface area contributed by atoms with Gasteiger partial charge in [-0.2, -0.15) is 0 Å². The summed E-state index contributed by atoms with van der Waals surface area (Å²) in [5.74, 6) is -0.139. The van der Waals surface area contributed by atoms with E-state index in [-0.39, 0.29) is 22.8 Å². The number of hydrogen-bond donors (Lipinski definition) is 0.